The molecule has 2 heterocycles. The topological polar surface area (TPSA) is 53.0 Å². The minimum absolute atomic E-state index is 0.114. The molecule has 5 nitrogen and oxygen atoms in total. The van der Waals surface area contributed by atoms with E-state index >= 15 is 0 Å². The molecule has 0 aliphatic heterocycles. The monoisotopic (exact) mass is 393 g/mol. The third-order valence-corrected chi connectivity index (χ3v) is 5.15. The summed E-state index contributed by atoms with van der Waals surface area (Å²) in [6.45, 7) is 3.91. The van der Waals surface area contributed by atoms with E-state index in [1.54, 1.807) is 16.8 Å². The van der Waals surface area contributed by atoms with Gasteiger partial charge in [0.15, 0.2) is 0 Å². The number of hydrogen-bond acceptors (Lipinski definition) is 3. The highest BCUT2D eigenvalue weighted by atomic mass is 35.5. The highest BCUT2D eigenvalue weighted by Gasteiger charge is 2.24. The van der Waals surface area contributed by atoms with Crippen LogP contribution in [-0.4, -0.2) is 14.3 Å². The van der Waals surface area contributed by atoms with Crippen LogP contribution >= 0.6 is 11.6 Å². The summed E-state index contributed by atoms with van der Waals surface area (Å²) in [6.07, 6.45) is 0.634. The molecule has 0 spiro atoms. The highest BCUT2D eigenvalue weighted by molar-refractivity contribution is 6.30. The van der Waals surface area contributed by atoms with E-state index in [4.69, 9.17) is 16.0 Å². The summed E-state index contributed by atoms with van der Waals surface area (Å²) in [5.41, 5.74) is 3.51. The van der Waals surface area contributed by atoms with Crippen molar-refractivity contribution in [3.05, 3.63) is 81.4 Å². The molecule has 142 valence electrons. The van der Waals surface area contributed by atoms with E-state index in [0.29, 0.717) is 34.4 Å². The van der Waals surface area contributed by atoms with Crippen LogP contribution in [0.3, 0.4) is 0 Å². The van der Waals surface area contributed by atoms with Gasteiger partial charge in [0.05, 0.1) is 11.3 Å². The number of para-hydroxylation sites is 1. The van der Waals surface area contributed by atoms with Crippen LogP contribution in [0.5, 0.6) is 0 Å². The third-order valence-electron chi connectivity index (χ3n) is 4.90. The van der Waals surface area contributed by atoms with Crippen molar-refractivity contribution in [2.45, 2.75) is 20.3 Å². The van der Waals surface area contributed by atoms with Gasteiger partial charge in [0.2, 0.25) is 5.89 Å². The molecule has 0 atom stereocenters. The van der Waals surface area contributed by atoms with Crippen molar-refractivity contribution in [1.82, 2.24) is 14.3 Å². The Labute approximate surface area is 167 Å². The minimum atomic E-state index is -0.114. The zero-order valence-corrected chi connectivity index (χ0v) is 16.7. The molecule has 6 heteroatoms. The number of oxazole rings is 1. The average Bonchev–Trinajstić information content (AvgIpc) is 3.22. The molecule has 28 heavy (non-hydrogen) atoms. The van der Waals surface area contributed by atoms with Crippen molar-refractivity contribution < 1.29 is 4.42 Å². The smallest absolute Gasteiger partial charge is 0.281 e. The summed E-state index contributed by atoms with van der Waals surface area (Å²) in [5.74, 6) is 1.17. The molecule has 0 saturated heterocycles. The number of hydrogen-bond donors (Lipinski definition) is 0. The summed E-state index contributed by atoms with van der Waals surface area (Å²) >= 11 is 5.98. The standard InChI is InChI=1S/C22H20ClN3O2/c1-4-18-20(24-21(28-18)15-10-12-16(23)13-11-15)19-14(2)25(3)26(22(19)27)17-8-6-5-7-9-17/h5-13H,4H2,1-3H3. The van der Waals surface area contributed by atoms with Crippen LogP contribution < -0.4 is 5.56 Å². The van der Waals surface area contributed by atoms with Crippen LogP contribution in [0.1, 0.15) is 18.4 Å². The summed E-state index contributed by atoms with van der Waals surface area (Å²) in [6, 6.07) is 16.9. The Bertz CT molecular complexity index is 1190. The number of aryl methyl sites for hydroxylation is 1. The van der Waals surface area contributed by atoms with Crippen molar-refractivity contribution in [1.29, 1.82) is 0 Å². The molecular weight excluding hydrogens is 374 g/mol. The second-order valence-corrected chi connectivity index (χ2v) is 7.02. The largest absolute Gasteiger partial charge is 0.441 e. The lowest BCUT2D eigenvalue weighted by Crippen LogP contribution is -2.20. The second-order valence-electron chi connectivity index (χ2n) is 6.59. The predicted octanol–water partition coefficient (Wildman–Crippen LogP) is 5.02. The molecule has 0 bridgehead atoms. The third kappa shape index (κ3) is 2.98. The number of aromatic nitrogens is 3. The van der Waals surface area contributed by atoms with Crippen molar-refractivity contribution in [2.24, 2.45) is 7.05 Å². The van der Waals surface area contributed by atoms with Crippen molar-refractivity contribution in [2.75, 3.05) is 0 Å². The van der Waals surface area contributed by atoms with Gasteiger partial charge >= 0.3 is 0 Å². The zero-order chi connectivity index (χ0) is 19.8. The van der Waals surface area contributed by atoms with Crippen LogP contribution in [0.15, 0.2) is 63.8 Å². The molecule has 0 fully saturated rings. The van der Waals surface area contributed by atoms with Crippen LogP contribution in [0.25, 0.3) is 28.4 Å². The SMILES string of the molecule is CCc1oc(-c2ccc(Cl)cc2)nc1-c1c(C)n(C)n(-c2ccccc2)c1=O. The Hall–Kier alpha value is -3.05. The lowest BCUT2D eigenvalue weighted by Gasteiger charge is -2.07. The molecule has 0 N–H and O–H groups in total. The summed E-state index contributed by atoms with van der Waals surface area (Å²) in [4.78, 5) is 18.0. The Kier molecular flexibility index (Phi) is 4.69. The molecule has 2 aromatic carbocycles. The van der Waals surface area contributed by atoms with E-state index in [9.17, 15) is 4.79 Å². The Morgan fingerprint density at radius 2 is 1.75 bits per heavy atom. The van der Waals surface area contributed by atoms with Crippen molar-refractivity contribution in [3.8, 4) is 28.4 Å². The van der Waals surface area contributed by atoms with Gasteiger partial charge in [-0.1, -0.05) is 36.7 Å². The van der Waals surface area contributed by atoms with Gasteiger partial charge in [-0.3, -0.25) is 9.48 Å². The van der Waals surface area contributed by atoms with E-state index in [-0.39, 0.29) is 5.56 Å². The van der Waals surface area contributed by atoms with Crippen LogP contribution in [-0.2, 0) is 13.5 Å². The van der Waals surface area contributed by atoms with Gasteiger partial charge in [-0.25, -0.2) is 9.67 Å². The van der Waals surface area contributed by atoms with Crippen molar-refractivity contribution >= 4 is 11.6 Å². The molecule has 0 aliphatic carbocycles. The van der Waals surface area contributed by atoms with Crippen LogP contribution in [0.2, 0.25) is 5.02 Å². The first kappa shape index (κ1) is 18.3. The van der Waals surface area contributed by atoms with Crippen molar-refractivity contribution in [3.63, 3.8) is 0 Å². The maximum absolute atomic E-state index is 13.3. The molecular formula is C22H20ClN3O2. The van der Waals surface area contributed by atoms with Crippen LogP contribution in [0, 0.1) is 6.92 Å². The fraction of sp³-hybridized carbons (Fsp3) is 0.182. The normalized spacial score (nSPS) is 11.1. The molecule has 2 aromatic heterocycles. The van der Waals surface area contributed by atoms with Crippen LogP contribution in [0.4, 0.5) is 0 Å². The quantitative estimate of drug-likeness (QED) is 0.489. The Balaban J connectivity index is 1.91. The van der Waals surface area contributed by atoms with Gasteiger partial charge in [0.25, 0.3) is 5.56 Å². The first-order valence-corrected chi connectivity index (χ1v) is 9.49. The van der Waals surface area contributed by atoms with Gasteiger partial charge in [-0.05, 0) is 43.3 Å². The molecule has 0 radical (unpaired) electrons. The molecule has 0 saturated carbocycles. The Morgan fingerprint density at radius 1 is 1.07 bits per heavy atom. The summed E-state index contributed by atoms with van der Waals surface area (Å²) in [7, 11) is 1.87. The number of benzene rings is 2. The summed E-state index contributed by atoms with van der Waals surface area (Å²) < 4.78 is 9.50. The minimum Gasteiger partial charge on any atom is -0.441 e. The van der Waals surface area contributed by atoms with Gasteiger partial charge in [-0.2, -0.15) is 0 Å². The molecule has 4 aromatic rings. The first-order chi connectivity index (χ1) is 13.5. The van der Waals surface area contributed by atoms with Gasteiger partial charge in [0, 0.05) is 29.7 Å². The van der Waals surface area contributed by atoms with Gasteiger partial charge in [-0.15, -0.1) is 0 Å². The second kappa shape index (κ2) is 7.17. The average molecular weight is 394 g/mol. The number of halogens is 1. The van der Waals surface area contributed by atoms with E-state index < -0.39 is 0 Å². The fourth-order valence-corrected chi connectivity index (χ4v) is 3.47. The zero-order valence-electron chi connectivity index (χ0n) is 15.9. The highest BCUT2D eigenvalue weighted by Crippen LogP contribution is 2.30. The number of nitrogens with zero attached hydrogens (tertiary/aromatic N) is 3. The van der Waals surface area contributed by atoms with Gasteiger partial charge < -0.3 is 4.42 Å². The molecule has 0 aliphatic rings. The fourth-order valence-electron chi connectivity index (χ4n) is 3.34. The molecule has 0 amide bonds. The molecule has 4 rings (SSSR count). The lowest BCUT2D eigenvalue weighted by molar-refractivity contribution is 0.525. The van der Waals surface area contributed by atoms with E-state index in [1.807, 2.05) is 68.0 Å². The number of rotatable bonds is 4. The maximum Gasteiger partial charge on any atom is 0.281 e. The van der Waals surface area contributed by atoms with Gasteiger partial charge in [0.1, 0.15) is 11.5 Å². The first-order valence-electron chi connectivity index (χ1n) is 9.11. The lowest BCUT2D eigenvalue weighted by atomic mass is 10.1. The van der Waals surface area contributed by atoms with E-state index in [0.717, 1.165) is 16.9 Å². The van der Waals surface area contributed by atoms with E-state index in [1.165, 1.54) is 0 Å². The summed E-state index contributed by atoms with van der Waals surface area (Å²) in [5, 5.41) is 0.649. The molecule has 0 unspecified atom stereocenters. The predicted molar refractivity (Wildman–Crippen MR) is 111 cm³/mol. The van der Waals surface area contributed by atoms with E-state index in [2.05, 4.69) is 4.98 Å². The maximum atomic E-state index is 13.3. The Morgan fingerprint density at radius 3 is 2.39 bits per heavy atom.